The van der Waals surface area contributed by atoms with Gasteiger partial charge in [-0.2, -0.15) is 4.98 Å². The van der Waals surface area contributed by atoms with Crippen LogP contribution in [0.5, 0.6) is 5.75 Å². The first-order valence-corrected chi connectivity index (χ1v) is 6.93. The van der Waals surface area contributed by atoms with Gasteiger partial charge in [0.2, 0.25) is 5.82 Å². The summed E-state index contributed by atoms with van der Waals surface area (Å²) >= 11 is 3.32. The van der Waals surface area contributed by atoms with Crippen molar-refractivity contribution >= 4 is 15.9 Å². The van der Waals surface area contributed by atoms with Gasteiger partial charge >= 0.3 is 0 Å². The maximum absolute atomic E-state index is 13.3. The Hall–Kier alpha value is -2.21. The van der Waals surface area contributed by atoms with Crippen LogP contribution >= 0.6 is 15.9 Å². The molecule has 0 atom stereocenters. The average molecular weight is 349 g/mol. The lowest BCUT2D eigenvalue weighted by atomic mass is 10.1. The fourth-order valence-electron chi connectivity index (χ4n) is 1.93. The topological polar surface area (TPSA) is 59.2 Å². The van der Waals surface area contributed by atoms with Crippen LogP contribution in [0.3, 0.4) is 0 Å². The molecule has 1 heterocycles. The highest BCUT2D eigenvalue weighted by Crippen LogP contribution is 2.32. The zero-order valence-electron chi connectivity index (χ0n) is 11.0. The summed E-state index contributed by atoms with van der Waals surface area (Å²) in [5.41, 5.74) is 1.84. The minimum Gasteiger partial charge on any atom is -0.507 e. The van der Waals surface area contributed by atoms with E-state index in [-0.39, 0.29) is 17.5 Å². The molecule has 2 aromatic carbocycles. The predicted molar refractivity (Wildman–Crippen MR) is 79.2 cm³/mol. The molecule has 106 valence electrons. The molecule has 3 aromatic rings. The number of hydrogen-bond donors (Lipinski definition) is 1. The number of aromatic nitrogens is 2. The maximum Gasteiger partial charge on any atom is 0.261 e. The molecule has 4 nitrogen and oxygen atoms in total. The number of nitrogens with zero attached hydrogens (tertiary/aromatic N) is 2. The van der Waals surface area contributed by atoms with Crippen LogP contribution in [0.1, 0.15) is 5.56 Å². The Kier molecular flexibility index (Phi) is 3.47. The van der Waals surface area contributed by atoms with Gasteiger partial charge in [-0.25, -0.2) is 4.39 Å². The lowest BCUT2D eigenvalue weighted by Gasteiger charge is -2.00. The Morgan fingerprint density at radius 1 is 1.14 bits per heavy atom. The molecule has 0 saturated carbocycles. The van der Waals surface area contributed by atoms with Gasteiger partial charge in [-0.1, -0.05) is 27.2 Å². The molecule has 3 rings (SSSR count). The van der Waals surface area contributed by atoms with Crippen molar-refractivity contribution in [3.8, 4) is 28.6 Å². The van der Waals surface area contributed by atoms with Gasteiger partial charge < -0.3 is 9.63 Å². The lowest BCUT2D eigenvalue weighted by Crippen LogP contribution is -1.85. The standard InChI is InChI=1S/C15H10BrFN2O2/c1-8-2-4-10(13(20)6-8)15-18-14(19-21-15)11-7-9(17)3-5-12(11)16/h2-7,20H,1H3. The van der Waals surface area contributed by atoms with Crippen molar-refractivity contribution in [1.29, 1.82) is 0 Å². The molecule has 21 heavy (non-hydrogen) atoms. The van der Waals surface area contributed by atoms with Gasteiger partial charge in [0.25, 0.3) is 5.89 Å². The SMILES string of the molecule is Cc1ccc(-c2nc(-c3cc(F)ccc3Br)no2)c(O)c1. The Balaban J connectivity index is 2.06. The highest BCUT2D eigenvalue weighted by atomic mass is 79.9. The predicted octanol–water partition coefficient (Wildman–Crippen LogP) is 4.32. The Morgan fingerprint density at radius 3 is 2.71 bits per heavy atom. The molecule has 0 spiro atoms. The van der Waals surface area contributed by atoms with E-state index in [1.165, 1.54) is 12.1 Å². The highest BCUT2D eigenvalue weighted by Gasteiger charge is 2.16. The summed E-state index contributed by atoms with van der Waals surface area (Å²) in [6, 6.07) is 9.36. The van der Waals surface area contributed by atoms with E-state index in [1.54, 1.807) is 18.2 Å². The van der Waals surface area contributed by atoms with Gasteiger partial charge in [0.15, 0.2) is 0 Å². The highest BCUT2D eigenvalue weighted by molar-refractivity contribution is 9.10. The minimum atomic E-state index is -0.391. The quantitative estimate of drug-likeness (QED) is 0.749. The van der Waals surface area contributed by atoms with Gasteiger partial charge in [-0.15, -0.1) is 0 Å². The van der Waals surface area contributed by atoms with E-state index in [0.717, 1.165) is 5.56 Å². The van der Waals surface area contributed by atoms with Crippen LogP contribution in [0.15, 0.2) is 45.4 Å². The number of rotatable bonds is 2. The number of phenolic OH excluding ortho intramolecular Hbond substituents is 1. The normalized spacial score (nSPS) is 10.8. The molecular weight excluding hydrogens is 339 g/mol. The van der Waals surface area contributed by atoms with Crippen LogP contribution in [0, 0.1) is 12.7 Å². The number of phenols is 1. The van der Waals surface area contributed by atoms with Crippen molar-refractivity contribution in [1.82, 2.24) is 10.1 Å². The second-order valence-corrected chi connectivity index (χ2v) is 5.42. The first kappa shape index (κ1) is 13.8. The molecule has 0 fully saturated rings. The fraction of sp³-hybridized carbons (Fsp3) is 0.0667. The average Bonchev–Trinajstić information content (AvgIpc) is 2.91. The summed E-state index contributed by atoms with van der Waals surface area (Å²) in [5.74, 6) is 0.0938. The van der Waals surface area contributed by atoms with Crippen molar-refractivity contribution < 1.29 is 14.0 Å². The largest absolute Gasteiger partial charge is 0.507 e. The Labute approximate surface area is 128 Å². The summed E-state index contributed by atoms with van der Waals surface area (Å²) in [5, 5.41) is 13.8. The summed E-state index contributed by atoms with van der Waals surface area (Å²) in [6.07, 6.45) is 0. The van der Waals surface area contributed by atoms with Gasteiger partial charge in [-0.3, -0.25) is 0 Å². The van der Waals surface area contributed by atoms with E-state index in [9.17, 15) is 9.50 Å². The monoisotopic (exact) mass is 348 g/mol. The molecule has 1 N–H and O–H groups in total. The number of hydrogen-bond acceptors (Lipinski definition) is 4. The molecule has 0 aliphatic heterocycles. The van der Waals surface area contributed by atoms with Gasteiger partial charge in [0.05, 0.1) is 5.56 Å². The number of aryl methyl sites for hydroxylation is 1. The number of halogens is 2. The van der Waals surface area contributed by atoms with Crippen molar-refractivity contribution in [3.05, 3.63) is 52.3 Å². The van der Waals surface area contributed by atoms with Crippen LogP contribution in [-0.4, -0.2) is 15.2 Å². The first-order chi connectivity index (χ1) is 10.0. The van der Waals surface area contributed by atoms with Gasteiger partial charge in [-0.05, 0) is 42.8 Å². The van der Waals surface area contributed by atoms with E-state index in [4.69, 9.17) is 4.52 Å². The molecule has 0 radical (unpaired) electrons. The van der Waals surface area contributed by atoms with Gasteiger partial charge in [0.1, 0.15) is 11.6 Å². The molecular formula is C15H10BrFN2O2. The third-order valence-corrected chi connectivity index (χ3v) is 3.67. The second-order valence-electron chi connectivity index (χ2n) is 4.57. The smallest absolute Gasteiger partial charge is 0.261 e. The van der Waals surface area contributed by atoms with Crippen LogP contribution in [-0.2, 0) is 0 Å². The van der Waals surface area contributed by atoms with Crippen molar-refractivity contribution in [2.24, 2.45) is 0 Å². The van der Waals surface area contributed by atoms with Crippen LogP contribution < -0.4 is 0 Å². The van der Waals surface area contributed by atoms with E-state index < -0.39 is 5.82 Å². The molecule has 0 amide bonds. The van der Waals surface area contributed by atoms with E-state index in [2.05, 4.69) is 26.1 Å². The van der Waals surface area contributed by atoms with Crippen LogP contribution in [0.2, 0.25) is 0 Å². The molecule has 0 aliphatic carbocycles. The van der Waals surface area contributed by atoms with Crippen molar-refractivity contribution in [3.63, 3.8) is 0 Å². The number of aromatic hydroxyl groups is 1. The summed E-state index contributed by atoms with van der Waals surface area (Å²) in [4.78, 5) is 4.21. The Morgan fingerprint density at radius 2 is 1.95 bits per heavy atom. The third kappa shape index (κ3) is 2.67. The second kappa shape index (κ2) is 5.29. The third-order valence-electron chi connectivity index (χ3n) is 2.98. The maximum atomic E-state index is 13.3. The molecule has 1 aromatic heterocycles. The molecule has 0 aliphatic rings. The molecule has 0 saturated heterocycles. The zero-order chi connectivity index (χ0) is 15.0. The molecule has 6 heteroatoms. The van der Waals surface area contributed by atoms with Crippen molar-refractivity contribution in [2.75, 3.05) is 0 Å². The number of benzene rings is 2. The van der Waals surface area contributed by atoms with Crippen LogP contribution in [0.4, 0.5) is 4.39 Å². The van der Waals surface area contributed by atoms with E-state index in [0.29, 0.717) is 15.6 Å². The zero-order valence-corrected chi connectivity index (χ0v) is 12.6. The first-order valence-electron chi connectivity index (χ1n) is 6.14. The molecule has 0 bridgehead atoms. The van der Waals surface area contributed by atoms with Gasteiger partial charge in [0, 0.05) is 10.0 Å². The van der Waals surface area contributed by atoms with E-state index >= 15 is 0 Å². The molecule has 0 unspecified atom stereocenters. The van der Waals surface area contributed by atoms with Crippen molar-refractivity contribution in [2.45, 2.75) is 6.92 Å². The summed E-state index contributed by atoms with van der Waals surface area (Å²) in [6.45, 7) is 1.87. The minimum absolute atomic E-state index is 0.0588. The fourth-order valence-corrected chi connectivity index (χ4v) is 2.36. The summed E-state index contributed by atoms with van der Waals surface area (Å²) in [7, 11) is 0. The Bertz CT molecular complexity index is 817. The van der Waals surface area contributed by atoms with Crippen LogP contribution in [0.25, 0.3) is 22.8 Å². The summed E-state index contributed by atoms with van der Waals surface area (Å²) < 4.78 is 19.1. The van der Waals surface area contributed by atoms with E-state index in [1.807, 2.05) is 13.0 Å². The lowest BCUT2D eigenvalue weighted by molar-refractivity contribution is 0.425.